The lowest BCUT2D eigenvalue weighted by atomic mass is 10.1. The van der Waals surface area contributed by atoms with Gasteiger partial charge in [0.1, 0.15) is 0 Å². The highest BCUT2D eigenvalue weighted by molar-refractivity contribution is 7.14. The minimum Gasteiger partial charge on any atom is -0.493 e. The number of carbonyl (C=O) groups is 1. The Labute approximate surface area is 171 Å². The van der Waals surface area contributed by atoms with Crippen molar-refractivity contribution in [2.24, 2.45) is 0 Å². The molecule has 2 aromatic heterocycles. The topological polar surface area (TPSA) is 86.5 Å². The van der Waals surface area contributed by atoms with Gasteiger partial charge in [0, 0.05) is 22.1 Å². The smallest absolute Gasteiger partial charge is 0.257 e. The number of nitrogens with zero attached hydrogens (tertiary/aromatic N) is 2. The third-order valence-corrected chi connectivity index (χ3v) is 5.03. The molecule has 4 rings (SSSR count). The number of aromatic nitrogens is 2. The highest BCUT2D eigenvalue weighted by Crippen LogP contribution is 2.33. The molecule has 2 aromatic carbocycles. The zero-order valence-corrected chi connectivity index (χ0v) is 16.5. The van der Waals surface area contributed by atoms with Crippen LogP contribution in [0.15, 0.2) is 64.9 Å². The Morgan fingerprint density at radius 1 is 1.03 bits per heavy atom. The maximum absolute atomic E-state index is 12.5. The van der Waals surface area contributed by atoms with E-state index in [9.17, 15) is 4.79 Å². The average molecular weight is 407 g/mol. The summed E-state index contributed by atoms with van der Waals surface area (Å²) in [5, 5.41) is 5.22. The van der Waals surface area contributed by atoms with Crippen LogP contribution in [-0.4, -0.2) is 30.1 Å². The van der Waals surface area contributed by atoms with Crippen LogP contribution in [-0.2, 0) is 0 Å². The SMILES string of the molecule is COc1ccc(-c2csc(NC(=O)c3ccc(-c4cnco4)cc3)n2)cc1OC. The number of thiazole rings is 1. The van der Waals surface area contributed by atoms with Crippen LogP contribution in [0.4, 0.5) is 5.13 Å². The van der Waals surface area contributed by atoms with Crippen molar-refractivity contribution in [1.82, 2.24) is 9.97 Å². The number of nitrogens with one attached hydrogen (secondary N) is 1. The second-order valence-electron chi connectivity index (χ2n) is 6.00. The predicted octanol–water partition coefficient (Wildman–Crippen LogP) is 4.73. The Bertz CT molecular complexity index is 1120. The summed E-state index contributed by atoms with van der Waals surface area (Å²) in [5.41, 5.74) is 2.99. The van der Waals surface area contributed by atoms with E-state index in [0.29, 0.717) is 28.0 Å². The minimum atomic E-state index is -0.234. The number of hydrogen-bond acceptors (Lipinski definition) is 7. The molecule has 0 radical (unpaired) electrons. The minimum absolute atomic E-state index is 0.234. The van der Waals surface area contributed by atoms with Gasteiger partial charge in [0.15, 0.2) is 28.8 Å². The molecule has 0 unspecified atom stereocenters. The number of anilines is 1. The number of rotatable bonds is 6. The summed E-state index contributed by atoms with van der Waals surface area (Å²) >= 11 is 1.35. The number of carbonyl (C=O) groups excluding carboxylic acids is 1. The summed E-state index contributed by atoms with van der Waals surface area (Å²) in [6, 6.07) is 12.7. The Morgan fingerprint density at radius 2 is 1.79 bits per heavy atom. The summed E-state index contributed by atoms with van der Waals surface area (Å²) in [6.45, 7) is 0. The average Bonchev–Trinajstić information content (AvgIpc) is 3.46. The zero-order chi connectivity index (χ0) is 20.2. The second kappa shape index (κ2) is 8.15. The van der Waals surface area contributed by atoms with E-state index in [0.717, 1.165) is 16.8 Å². The van der Waals surface area contributed by atoms with Gasteiger partial charge in [-0.05, 0) is 30.3 Å². The van der Waals surface area contributed by atoms with Crippen molar-refractivity contribution in [3.05, 3.63) is 66.0 Å². The summed E-state index contributed by atoms with van der Waals surface area (Å²) in [5.74, 6) is 1.68. The van der Waals surface area contributed by atoms with Gasteiger partial charge < -0.3 is 13.9 Å². The van der Waals surface area contributed by atoms with Crippen LogP contribution in [0.3, 0.4) is 0 Å². The molecule has 2 heterocycles. The first-order chi connectivity index (χ1) is 14.2. The maximum Gasteiger partial charge on any atom is 0.257 e. The summed E-state index contributed by atoms with van der Waals surface area (Å²) in [7, 11) is 3.17. The summed E-state index contributed by atoms with van der Waals surface area (Å²) in [6.07, 6.45) is 2.99. The van der Waals surface area contributed by atoms with Gasteiger partial charge >= 0.3 is 0 Å². The van der Waals surface area contributed by atoms with Crippen molar-refractivity contribution in [3.8, 4) is 34.1 Å². The van der Waals surface area contributed by atoms with E-state index in [4.69, 9.17) is 13.9 Å². The van der Waals surface area contributed by atoms with Gasteiger partial charge in [-0.3, -0.25) is 10.1 Å². The van der Waals surface area contributed by atoms with E-state index >= 15 is 0 Å². The molecule has 0 aliphatic heterocycles. The van der Waals surface area contributed by atoms with Gasteiger partial charge in [-0.1, -0.05) is 12.1 Å². The van der Waals surface area contributed by atoms with Crippen LogP contribution in [0.2, 0.25) is 0 Å². The fraction of sp³-hybridized carbons (Fsp3) is 0.0952. The maximum atomic E-state index is 12.5. The third-order valence-electron chi connectivity index (χ3n) is 4.27. The third kappa shape index (κ3) is 3.97. The van der Waals surface area contributed by atoms with Crippen molar-refractivity contribution < 1.29 is 18.7 Å². The normalized spacial score (nSPS) is 10.6. The van der Waals surface area contributed by atoms with Crippen molar-refractivity contribution in [3.63, 3.8) is 0 Å². The lowest BCUT2D eigenvalue weighted by Gasteiger charge is -2.08. The quantitative estimate of drug-likeness (QED) is 0.497. The molecule has 0 saturated carbocycles. The molecule has 8 heteroatoms. The zero-order valence-electron chi connectivity index (χ0n) is 15.7. The molecule has 1 N–H and O–H groups in total. The first kappa shape index (κ1) is 18.7. The molecular weight excluding hydrogens is 390 g/mol. The molecule has 0 spiro atoms. The van der Waals surface area contributed by atoms with E-state index in [-0.39, 0.29) is 5.91 Å². The molecule has 146 valence electrons. The van der Waals surface area contributed by atoms with Gasteiger partial charge in [0.2, 0.25) is 0 Å². The number of amides is 1. The lowest BCUT2D eigenvalue weighted by molar-refractivity contribution is 0.102. The first-order valence-corrected chi connectivity index (χ1v) is 9.54. The van der Waals surface area contributed by atoms with Gasteiger partial charge in [-0.25, -0.2) is 9.97 Å². The largest absolute Gasteiger partial charge is 0.493 e. The Morgan fingerprint density at radius 3 is 2.48 bits per heavy atom. The van der Waals surface area contributed by atoms with E-state index in [1.807, 2.05) is 35.7 Å². The van der Waals surface area contributed by atoms with Crippen LogP contribution in [0, 0.1) is 0 Å². The predicted molar refractivity (Wildman–Crippen MR) is 111 cm³/mol. The van der Waals surface area contributed by atoms with E-state index in [1.165, 1.54) is 17.7 Å². The lowest BCUT2D eigenvalue weighted by Crippen LogP contribution is -2.11. The van der Waals surface area contributed by atoms with Crippen molar-refractivity contribution in [2.75, 3.05) is 19.5 Å². The molecule has 29 heavy (non-hydrogen) atoms. The van der Waals surface area contributed by atoms with Gasteiger partial charge in [0.05, 0.1) is 26.1 Å². The molecule has 0 bridgehead atoms. The molecule has 1 amide bonds. The van der Waals surface area contributed by atoms with E-state index < -0.39 is 0 Å². The molecule has 0 aliphatic carbocycles. The van der Waals surface area contributed by atoms with E-state index in [1.54, 1.807) is 32.5 Å². The second-order valence-corrected chi connectivity index (χ2v) is 6.86. The van der Waals surface area contributed by atoms with Crippen molar-refractivity contribution >= 4 is 22.4 Å². The van der Waals surface area contributed by atoms with Crippen LogP contribution in [0.5, 0.6) is 11.5 Å². The number of ether oxygens (including phenoxy) is 2. The summed E-state index contributed by atoms with van der Waals surface area (Å²) in [4.78, 5) is 20.9. The molecule has 0 fully saturated rings. The highest BCUT2D eigenvalue weighted by atomic mass is 32.1. The molecule has 0 saturated heterocycles. The number of oxazole rings is 1. The monoisotopic (exact) mass is 407 g/mol. The number of benzene rings is 2. The standard InChI is InChI=1S/C21H17N3O4S/c1-26-17-8-7-15(9-18(17)27-2)16-11-29-21(23-16)24-20(25)14-5-3-13(4-6-14)19-10-22-12-28-19/h3-12H,1-2H3,(H,23,24,25). The highest BCUT2D eigenvalue weighted by Gasteiger charge is 2.12. The Kier molecular flexibility index (Phi) is 5.26. The van der Waals surface area contributed by atoms with Crippen molar-refractivity contribution in [1.29, 1.82) is 0 Å². The van der Waals surface area contributed by atoms with Crippen LogP contribution in [0.25, 0.3) is 22.6 Å². The molecule has 0 atom stereocenters. The van der Waals surface area contributed by atoms with Crippen LogP contribution < -0.4 is 14.8 Å². The van der Waals surface area contributed by atoms with Gasteiger partial charge in [-0.15, -0.1) is 11.3 Å². The first-order valence-electron chi connectivity index (χ1n) is 8.66. The molecule has 7 nitrogen and oxygen atoms in total. The Hall–Kier alpha value is -3.65. The van der Waals surface area contributed by atoms with Crippen molar-refractivity contribution in [2.45, 2.75) is 0 Å². The summed E-state index contributed by atoms with van der Waals surface area (Å²) < 4.78 is 15.8. The van der Waals surface area contributed by atoms with E-state index in [2.05, 4.69) is 15.3 Å². The fourth-order valence-corrected chi connectivity index (χ4v) is 3.49. The molecular formula is C21H17N3O4S. The Balaban J connectivity index is 1.48. The van der Waals surface area contributed by atoms with Gasteiger partial charge in [0.25, 0.3) is 5.91 Å². The van der Waals surface area contributed by atoms with Gasteiger partial charge in [-0.2, -0.15) is 0 Å². The number of hydrogen-bond donors (Lipinski definition) is 1. The number of methoxy groups -OCH3 is 2. The van der Waals surface area contributed by atoms with Crippen LogP contribution >= 0.6 is 11.3 Å². The molecule has 4 aromatic rings. The molecule has 0 aliphatic rings. The fourth-order valence-electron chi connectivity index (χ4n) is 2.77. The van der Waals surface area contributed by atoms with Crippen LogP contribution in [0.1, 0.15) is 10.4 Å².